The van der Waals surface area contributed by atoms with Crippen molar-refractivity contribution < 1.29 is 0 Å². The van der Waals surface area contributed by atoms with Crippen molar-refractivity contribution in [3.05, 3.63) is 24.3 Å². The largest absolute Gasteiger partial charge is 0.396 e. The van der Waals surface area contributed by atoms with Crippen LogP contribution in [-0.4, -0.2) is 19.7 Å². The molecule has 7 heteroatoms. The van der Waals surface area contributed by atoms with Crippen LogP contribution in [-0.2, 0) is 13.6 Å². The Labute approximate surface area is 92.5 Å². The molecule has 0 atom stereocenters. The third kappa shape index (κ3) is 2.19. The van der Waals surface area contributed by atoms with Crippen molar-refractivity contribution in [3.63, 3.8) is 0 Å². The van der Waals surface area contributed by atoms with E-state index in [1.165, 1.54) is 0 Å². The lowest BCUT2D eigenvalue weighted by molar-refractivity contribution is 0.747. The van der Waals surface area contributed by atoms with Crippen molar-refractivity contribution in [2.24, 2.45) is 7.05 Å². The van der Waals surface area contributed by atoms with Crippen LogP contribution >= 0.6 is 0 Å². The molecule has 0 aliphatic carbocycles. The molecule has 16 heavy (non-hydrogen) atoms. The Morgan fingerprint density at radius 2 is 2.19 bits per heavy atom. The van der Waals surface area contributed by atoms with Gasteiger partial charge in [0.05, 0.1) is 12.2 Å². The summed E-state index contributed by atoms with van der Waals surface area (Å²) in [5.74, 6) is 1.66. The first kappa shape index (κ1) is 10.2. The molecule has 0 saturated heterocycles. The Bertz CT molecular complexity index is 490. The van der Waals surface area contributed by atoms with E-state index < -0.39 is 0 Å². The highest BCUT2D eigenvalue weighted by Crippen LogP contribution is 2.14. The van der Waals surface area contributed by atoms with Gasteiger partial charge in [-0.1, -0.05) is 0 Å². The number of aromatic nitrogens is 4. The van der Waals surface area contributed by atoms with Crippen LogP contribution < -0.4 is 16.8 Å². The highest BCUT2D eigenvalue weighted by Gasteiger charge is 2.01. The normalized spacial score (nSPS) is 10.3. The number of hydrogen-bond donors (Lipinski definition) is 3. The van der Waals surface area contributed by atoms with Crippen molar-refractivity contribution in [1.29, 1.82) is 0 Å². The van der Waals surface area contributed by atoms with E-state index in [-0.39, 0.29) is 0 Å². The smallest absolute Gasteiger partial charge is 0.169 e. The molecule has 0 aliphatic heterocycles. The number of nitrogens with one attached hydrogen (secondary N) is 1. The Morgan fingerprint density at radius 3 is 2.81 bits per heavy atom. The van der Waals surface area contributed by atoms with E-state index in [0.29, 0.717) is 29.7 Å². The van der Waals surface area contributed by atoms with Gasteiger partial charge in [-0.3, -0.25) is 4.68 Å². The number of rotatable bonds is 3. The molecule has 0 bridgehead atoms. The van der Waals surface area contributed by atoms with Crippen LogP contribution in [0.1, 0.15) is 5.82 Å². The van der Waals surface area contributed by atoms with Crippen LogP contribution in [0.3, 0.4) is 0 Å². The molecular weight excluding hydrogens is 206 g/mol. The molecular formula is C9H13N7. The summed E-state index contributed by atoms with van der Waals surface area (Å²) < 4.78 is 1.64. The van der Waals surface area contributed by atoms with Gasteiger partial charge in [0.1, 0.15) is 18.0 Å². The second-order valence-corrected chi connectivity index (χ2v) is 3.36. The fourth-order valence-corrected chi connectivity index (χ4v) is 1.22. The zero-order chi connectivity index (χ0) is 11.5. The average Bonchev–Trinajstić information content (AvgIpc) is 2.66. The second kappa shape index (κ2) is 4.05. The van der Waals surface area contributed by atoms with Gasteiger partial charge in [0.15, 0.2) is 5.82 Å². The maximum absolute atomic E-state index is 5.58. The number of hydrogen-bond acceptors (Lipinski definition) is 6. The van der Waals surface area contributed by atoms with E-state index in [0.717, 1.165) is 0 Å². The van der Waals surface area contributed by atoms with E-state index >= 15 is 0 Å². The lowest BCUT2D eigenvalue weighted by atomic mass is 10.4. The molecule has 84 valence electrons. The Morgan fingerprint density at radius 1 is 1.38 bits per heavy atom. The molecule has 0 unspecified atom stereocenters. The summed E-state index contributed by atoms with van der Waals surface area (Å²) in [5.41, 5.74) is 11.6. The van der Waals surface area contributed by atoms with E-state index in [1.807, 2.05) is 7.05 Å². The standard InChI is InChI=1S/C9H13N7/c1-16-5-13-8(15-16)4-12-7-3-2-6(10)9(11)14-7/h2-3,5H,4,10H2,1H3,(H3,11,12,14). The van der Waals surface area contributed by atoms with Crippen LogP contribution in [0.15, 0.2) is 18.5 Å². The lowest BCUT2D eigenvalue weighted by Crippen LogP contribution is -2.06. The third-order valence-corrected chi connectivity index (χ3v) is 2.03. The molecule has 0 amide bonds. The summed E-state index contributed by atoms with van der Waals surface area (Å²) >= 11 is 0. The number of aryl methyl sites for hydroxylation is 1. The van der Waals surface area contributed by atoms with Gasteiger partial charge in [0.25, 0.3) is 0 Å². The van der Waals surface area contributed by atoms with Gasteiger partial charge in [0, 0.05) is 7.05 Å². The van der Waals surface area contributed by atoms with E-state index in [9.17, 15) is 0 Å². The van der Waals surface area contributed by atoms with Crippen molar-refractivity contribution in [2.75, 3.05) is 16.8 Å². The molecule has 2 aromatic heterocycles. The summed E-state index contributed by atoms with van der Waals surface area (Å²) in [6, 6.07) is 3.46. The highest BCUT2D eigenvalue weighted by molar-refractivity contribution is 5.61. The number of nitrogen functional groups attached to an aromatic ring is 2. The molecule has 0 aromatic carbocycles. The molecule has 0 aliphatic rings. The topological polar surface area (TPSA) is 108 Å². The van der Waals surface area contributed by atoms with Gasteiger partial charge >= 0.3 is 0 Å². The minimum atomic E-state index is 0.319. The summed E-state index contributed by atoms with van der Waals surface area (Å²) in [5, 5.41) is 7.18. The summed E-state index contributed by atoms with van der Waals surface area (Å²) in [4.78, 5) is 8.15. The van der Waals surface area contributed by atoms with Crippen molar-refractivity contribution in [2.45, 2.75) is 6.54 Å². The summed E-state index contributed by atoms with van der Waals surface area (Å²) in [6.07, 6.45) is 1.64. The van der Waals surface area contributed by atoms with E-state index in [2.05, 4.69) is 20.4 Å². The van der Waals surface area contributed by atoms with E-state index in [4.69, 9.17) is 11.5 Å². The fraction of sp³-hybridized carbons (Fsp3) is 0.222. The number of nitrogens with zero attached hydrogens (tertiary/aromatic N) is 4. The Kier molecular flexibility index (Phi) is 2.59. The zero-order valence-electron chi connectivity index (χ0n) is 8.88. The molecule has 0 radical (unpaired) electrons. The molecule has 2 rings (SSSR count). The van der Waals surface area contributed by atoms with Gasteiger partial charge < -0.3 is 16.8 Å². The number of anilines is 3. The van der Waals surface area contributed by atoms with Crippen LogP contribution in [0, 0.1) is 0 Å². The zero-order valence-corrected chi connectivity index (χ0v) is 8.88. The molecule has 0 saturated carbocycles. The minimum absolute atomic E-state index is 0.319. The fourth-order valence-electron chi connectivity index (χ4n) is 1.22. The van der Waals surface area contributed by atoms with Crippen molar-refractivity contribution >= 4 is 17.3 Å². The molecule has 0 spiro atoms. The quantitative estimate of drug-likeness (QED) is 0.670. The predicted octanol–water partition coefficient (Wildman–Crippen LogP) is -0.0134. The first-order valence-electron chi connectivity index (χ1n) is 4.75. The molecule has 2 heterocycles. The molecule has 2 aromatic rings. The SMILES string of the molecule is Cn1cnc(CNc2ccc(N)c(N)n2)n1. The van der Waals surface area contributed by atoms with Crippen LogP contribution in [0.25, 0.3) is 0 Å². The minimum Gasteiger partial charge on any atom is -0.396 e. The van der Waals surface area contributed by atoms with Crippen molar-refractivity contribution in [3.8, 4) is 0 Å². The Hall–Kier alpha value is -2.31. The van der Waals surface area contributed by atoms with Gasteiger partial charge in [-0.25, -0.2) is 9.97 Å². The molecule has 0 fully saturated rings. The monoisotopic (exact) mass is 219 g/mol. The third-order valence-electron chi connectivity index (χ3n) is 2.03. The molecule has 5 N–H and O–H groups in total. The van der Waals surface area contributed by atoms with Crippen LogP contribution in [0.5, 0.6) is 0 Å². The second-order valence-electron chi connectivity index (χ2n) is 3.36. The van der Waals surface area contributed by atoms with Gasteiger partial charge in [-0.15, -0.1) is 0 Å². The average molecular weight is 219 g/mol. The van der Waals surface area contributed by atoms with Crippen LogP contribution in [0.4, 0.5) is 17.3 Å². The van der Waals surface area contributed by atoms with Crippen molar-refractivity contribution in [1.82, 2.24) is 19.7 Å². The van der Waals surface area contributed by atoms with Gasteiger partial charge in [-0.05, 0) is 12.1 Å². The number of pyridine rings is 1. The first-order chi connectivity index (χ1) is 7.65. The van der Waals surface area contributed by atoms with Gasteiger partial charge in [-0.2, -0.15) is 5.10 Å². The summed E-state index contributed by atoms with van der Waals surface area (Å²) in [6.45, 7) is 0.497. The first-order valence-corrected chi connectivity index (χ1v) is 4.75. The Balaban J connectivity index is 2.02. The number of nitrogens with two attached hydrogens (primary N) is 2. The van der Waals surface area contributed by atoms with Crippen LogP contribution in [0.2, 0.25) is 0 Å². The predicted molar refractivity (Wildman–Crippen MR) is 61.4 cm³/mol. The van der Waals surface area contributed by atoms with E-state index in [1.54, 1.807) is 23.1 Å². The molecule has 7 nitrogen and oxygen atoms in total. The van der Waals surface area contributed by atoms with Gasteiger partial charge in [0.2, 0.25) is 0 Å². The summed E-state index contributed by atoms with van der Waals surface area (Å²) in [7, 11) is 1.82. The maximum atomic E-state index is 5.58. The highest BCUT2D eigenvalue weighted by atomic mass is 15.3. The lowest BCUT2D eigenvalue weighted by Gasteiger charge is -2.05. The maximum Gasteiger partial charge on any atom is 0.169 e.